The molecule has 1 aliphatic heterocycles. The van der Waals surface area contributed by atoms with E-state index in [9.17, 15) is 4.39 Å². The summed E-state index contributed by atoms with van der Waals surface area (Å²) >= 11 is 0. The Morgan fingerprint density at radius 3 is 2.54 bits per heavy atom. The summed E-state index contributed by atoms with van der Waals surface area (Å²) in [5.41, 5.74) is 1.06. The first-order valence-electron chi connectivity index (χ1n) is 4.48. The molecule has 0 aliphatic carbocycles. The highest BCUT2D eigenvalue weighted by Crippen LogP contribution is 2.23. The maximum absolute atomic E-state index is 12.6. The number of halogens is 1. The number of hydrogen-bond donors (Lipinski definition) is 0. The van der Waals surface area contributed by atoms with E-state index in [1.54, 1.807) is 0 Å². The summed E-state index contributed by atoms with van der Waals surface area (Å²) < 4.78 is 12.6. The molecule has 1 aromatic rings. The minimum Gasteiger partial charge on any atom is -0.345 e. The fourth-order valence-corrected chi connectivity index (χ4v) is 1.59. The quantitative estimate of drug-likeness (QED) is 0.637. The Kier molecular flexibility index (Phi) is 2.05. The molecular weight excluding hydrogens is 165 g/mol. The minimum absolute atomic E-state index is 0.181. The topological polar surface area (TPSA) is 3.24 Å². The molecule has 0 amide bonds. The van der Waals surface area contributed by atoms with Gasteiger partial charge in [0.15, 0.2) is 0 Å². The van der Waals surface area contributed by atoms with Gasteiger partial charge in [0.1, 0.15) is 5.82 Å². The molecule has 13 heavy (non-hydrogen) atoms. The average Bonchev–Trinajstić information content (AvgIpc) is 2.53. The highest BCUT2D eigenvalue weighted by Gasteiger charge is 2.14. The van der Waals surface area contributed by atoms with Crippen molar-refractivity contribution in [2.75, 3.05) is 4.90 Å². The van der Waals surface area contributed by atoms with Crippen LogP contribution in [0.4, 0.5) is 10.1 Å². The van der Waals surface area contributed by atoms with Crippen molar-refractivity contribution in [3.63, 3.8) is 0 Å². The van der Waals surface area contributed by atoms with Gasteiger partial charge in [0.05, 0.1) is 0 Å². The summed E-state index contributed by atoms with van der Waals surface area (Å²) in [6.45, 7) is 2.16. The Morgan fingerprint density at radius 1 is 1.31 bits per heavy atom. The molecule has 0 spiro atoms. The number of benzene rings is 1. The van der Waals surface area contributed by atoms with Crippen molar-refractivity contribution in [3.05, 3.63) is 42.4 Å². The molecule has 0 radical (unpaired) electrons. The van der Waals surface area contributed by atoms with E-state index >= 15 is 0 Å². The Morgan fingerprint density at radius 2 is 2.00 bits per heavy atom. The van der Waals surface area contributed by atoms with Gasteiger partial charge >= 0.3 is 0 Å². The van der Waals surface area contributed by atoms with Gasteiger partial charge in [-0.1, -0.05) is 6.08 Å². The lowest BCUT2D eigenvalue weighted by Gasteiger charge is -2.22. The fraction of sp³-hybridized carbons (Fsp3) is 0.273. The fourth-order valence-electron chi connectivity index (χ4n) is 1.59. The highest BCUT2D eigenvalue weighted by atomic mass is 19.1. The maximum atomic E-state index is 12.6. The van der Waals surface area contributed by atoms with Crippen LogP contribution in [0.3, 0.4) is 0 Å². The molecule has 1 aromatic carbocycles. The summed E-state index contributed by atoms with van der Waals surface area (Å²) in [6.07, 6.45) is 5.25. The Bertz CT molecular complexity index is 315. The number of nitrogens with zero attached hydrogens (tertiary/aromatic N) is 1. The summed E-state index contributed by atoms with van der Waals surface area (Å²) in [4.78, 5) is 2.15. The van der Waals surface area contributed by atoms with Gasteiger partial charge < -0.3 is 4.90 Å². The third-order valence-corrected chi connectivity index (χ3v) is 2.34. The van der Waals surface area contributed by atoms with Gasteiger partial charge in [-0.3, -0.25) is 0 Å². The SMILES string of the molecule is C[C@H]1CC=CN1c1ccc(F)cc1. The summed E-state index contributed by atoms with van der Waals surface area (Å²) in [5, 5.41) is 0. The lowest BCUT2D eigenvalue weighted by molar-refractivity contribution is 0.627. The predicted octanol–water partition coefficient (Wildman–Crippen LogP) is 2.94. The van der Waals surface area contributed by atoms with Crippen LogP contribution in [0.15, 0.2) is 36.5 Å². The molecule has 1 nitrogen and oxygen atoms in total. The predicted molar refractivity (Wildman–Crippen MR) is 52.1 cm³/mol. The Hall–Kier alpha value is -1.31. The van der Waals surface area contributed by atoms with Crippen LogP contribution in [-0.4, -0.2) is 6.04 Å². The number of anilines is 1. The smallest absolute Gasteiger partial charge is 0.123 e. The van der Waals surface area contributed by atoms with Crippen LogP contribution in [0, 0.1) is 5.82 Å². The Balaban J connectivity index is 2.25. The van der Waals surface area contributed by atoms with Gasteiger partial charge in [0, 0.05) is 17.9 Å². The van der Waals surface area contributed by atoms with Gasteiger partial charge in [-0.25, -0.2) is 4.39 Å². The van der Waals surface area contributed by atoms with E-state index in [2.05, 4.69) is 24.1 Å². The second-order valence-corrected chi connectivity index (χ2v) is 3.35. The molecule has 0 fully saturated rings. The average molecular weight is 177 g/mol. The largest absolute Gasteiger partial charge is 0.345 e. The lowest BCUT2D eigenvalue weighted by Crippen LogP contribution is -2.22. The zero-order valence-electron chi connectivity index (χ0n) is 7.57. The second kappa shape index (κ2) is 3.21. The normalized spacial score (nSPS) is 21.1. The van der Waals surface area contributed by atoms with Crippen LogP contribution >= 0.6 is 0 Å². The van der Waals surface area contributed by atoms with Gasteiger partial charge in [-0.15, -0.1) is 0 Å². The van der Waals surface area contributed by atoms with Crippen molar-refractivity contribution in [2.24, 2.45) is 0 Å². The van der Waals surface area contributed by atoms with Crippen LogP contribution < -0.4 is 4.90 Å². The lowest BCUT2D eigenvalue weighted by atomic mass is 10.2. The van der Waals surface area contributed by atoms with Crippen molar-refractivity contribution in [1.29, 1.82) is 0 Å². The Labute approximate surface area is 77.5 Å². The van der Waals surface area contributed by atoms with Gasteiger partial charge in [0.25, 0.3) is 0 Å². The molecule has 1 heterocycles. The minimum atomic E-state index is -0.181. The molecule has 0 saturated carbocycles. The molecule has 2 rings (SSSR count). The summed E-state index contributed by atoms with van der Waals surface area (Å²) in [7, 11) is 0. The van der Waals surface area contributed by atoms with Crippen molar-refractivity contribution in [3.8, 4) is 0 Å². The van der Waals surface area contributed by atoms with Crippen LogP contribution in [0.25, 0.3) is 0 Å². The maximum Gasteiger partial charge on any atom is 0.123 e. The van der Waals surface area contributed by atoms with Crippen LogP contribution in [0.2, 0.25) is 0 Å². The number of rotatable bonds is 1. The first-order chi connectivity index (χ1) is 6.27. The molecule has 0 N–H and O–H groups in total. The zero-order chi connectivity index (χ0) is 9.26. The molecule has 68 valence electrons. The van der Waals surface area contributed by atoms with E-state index < -0.39 is 0 Å². The number of hydrogen-bond acceptors (Lipinski definition) is 1. The second-order valence-electron chi connectivity index (χ2n) is 3.35. The first-order valence-corrected chi connectivity index (χ1v) is 4.48. The summed E-state index contributed by atoms with van der Waals surface area (Å²) in [6, 6.07) is 7.09. The van der Waals surface area contributed by atoms with E-state index in [4.69, 9.17) is 0 Å². The zero-order valence-corrected chi connectivity index (χ0v) is 7.57. The molecule has 0 unspecified atom stereocenters. The van der Waals surface area contributed by atoms with Gasteiger partial charge in [-0.05, 0) is 37.6 Å². The third-order valence-electron chi connectivity index (χ3n) is 2.34. The van der Waals surface area contributed by atoms with Crippen LogP contribution in [-0.2, 0) is 0 Å². The van der Waals surface area contributed by atoms with Crippen molar-refractivity contribution in [1.82, 2.24) is 0 Å². The van der Waals surface area contributed by atoms with E-state index in [1.165, 1.54) is 12.1 Å². The van der Waals surface area contributed by atoms with E-state index in [1.807, 2.05) is 12.1 Å². The molecule has 1 aliphatic rings. The van der Waals surface area contributed by atoms with E-state index in [0.717, 1.165) is 12.1 Å². The van der Waals surface area contributed by atoms with Gasteiger partial charge in [-0.2, -0.15) is 0 Å². The molecular formula is C11H12FN. The monoisotopic (exact) mass is 177 g/mol. The third kappa shape index (κ3) is 1.57. The highest BCUT2D eigenvalue weighted by molar-refractivity contribution is 5.51. The van der Waals surface area contributed by atoms with Crippen LogP contribution in [0.1, 0.15) is 13.3 Å². The van der Waals surface area contributed by atoms with E-state index in [-0.39, 0.29) is 5.82 Å². The molecule has 0 saturated heterocycles. The molecule has 1 atom stereocenters. The molecule has 0 aromatic heterocycles. The van der Waals surface area contributed by atoms with Crippen molar-refractivity contribution in [2.45, 2.75) is 19.4 Å². The molecule has 0 bridgehead atoms. The van der Waals surface area contributed by atoms with Crippen LogP contribution in [0.5, 0.6) is 0 Å². The summed E-state index contributed by atoms with van der Waals surface area (Å²) in [5.74, 6) is -0.181. The standard InChI is InChI=1S/C11H12FN/c1-9-3-2-8-13(9)11-6-4-10(12)5-7-11/h2,4-9H,3H2,1H3/t9-/m0/s1. The first kappa shape index (κ1) is 8.30. The van der Waals surface area contributed by atoms with Gasteiger partial charge in [0.2, 0.25) is 0 Å². The van der Waals surface area contributed by atoms with E-state index in [0.29, 0.717) is 6.04 Å². The molecule has 2 heteroatoms. The van der Waals surface area contributed by atoms with Crippen molar-refractivity contribution < 1.29 is 4.39 Å². The van der Waals surface area contributed by atoms with Crippen molar-refractivity contribution >= 4 is 5.69 Å².